The van der Waals surface area contributed by atoms with E-state index in [1.54, 1.807) is 30.3 Å². The summed E-state index contributed by atoms with van der Waals surface area (Å²) >= 11 is 0. The van der Waals surface area contributed by atoms with Crippen LogP contribution >= 0.6 is 0 Å². The largest absolute Gasteiger partial charge is 0.481 e. The van der Waals surface area contributed by atoms with Gasteiger partial charge in [-0.3, -0.25) is 9.59 Å². The number of carboxylic acid groups (broad SMARTS) is 1. The van der Waals surface area contributed by atoms with Crippen LogP contribution < -0.4 is 0 Å². The van der Waals surface area contributed by atoms with E-state index in [0.717, 1.165) is 0 Å². The van der Waals surface area contributed by atoms with E-state index in [1.807, 2.05) is 0 Å². The van der Waals surface area contributed by atoms with Crippen LogP contribution in [0.25, 0.3) is 0 Å². The molecule has 1 atom stereocenters. The van der Waals surface area contributed by atoms with Crippen molar-refractivity contribution in [2.45, 2.75) is 18.9 Å². The Morgan fingerprint density at radius 1 is 1.27 bits per heavy atom. The number of benzene rings is 1. The molecule has 4 heteroatoms. The third-order valence-corrected chi connectivity index (χ3v) is 2.02. The smallest absolute Gasteiger partial charge is 0.306 e. The maximum absolute atomic E-state index is 11.7. The summed E-state index contributed by atoms with van der Waals surface area (Å²) in [5.74, 6) is -1.78. The molecule has 0 spiro atoms. The van der Waals surface area contributed by atoms with Crippen LogP contribution in [-0.2, 0) is 4.79 Å². The van der Waals surface area contributed by atoms with E-state index >= 15 is 0 Å². The Bertz CT molecular complexity index is 367. The van der Waals surface area contributed by atoms with E-state index < -0.39 is 23.8 Å². The van der Waals surface area contributed by atoms with Crippen LogP contribution in [0, 0.1) is 0 Å². The fraction of sp³-hybridized carbons (Fsp3) is 0.273. The molecule has 1 aromatic rings. The van der Waals surface area contributed by atoms with Crippen LogP contribution in [0.2, 0.25) is 0 Å². The SMILES string of the molecule is CC(O)(CC(=O)O)C(=O)c1ccccc1. The van der Waals surface area contributed by atoms with Crippen molar-refractivity contribution in [3.63, 3.8) is 0 Å². The van der Waals surface area contributed by atoms with Crippen molar-refractivity contribution in [1.29, 1.82) is 0 Å². The summed E-state index contributed by atoms with van der Waals surface area (Å²) in [6, 6.07) is 8.13. The quantitative estimate of drug-likeness (QED) is 0.726. The Kier molecular flexibility index (Phi) is 3.21. The minimum Gasteiger partial charge on any atom is -0.481 e. The number of hydrogen-bond donors (Lipinski definition) is 2. The van der Waals surface area contributed by atoms with E-state index in [0.29, 0.717) is 5.56 Å². The van der Waals surface area contributed by atoms with Crippen LogP contribution in [0.1, 0.15) is 23.7 Å². The van der Waals surface area contributed by atoms with Gasteiger partial charge in [0.15, 0.2) is 5.78 Å². The van der Waals surface area contributed by atoms with Crippen LogP contribution in [0.15, 0.2) is 30.3 Å². The fourth-order valence-corrected chi connectivity index (χ4v) is 1.28. The fourth-order valence-electron chi connectivity index (χ4n) is 1.28. The Hall–Kier alpha value is -1.68. The zero-order valence-electron chi connectivity index (χ0n) is 8.30. The molecular formula is C11H12O4. The number of carbonyl (C=O) groups is 2. The number of ketones is 1. The highest BCUT2D eigenvalue weighted by Gasteiger charge is 2.33. The normalized spacial score (nSPS) is 14.3. The van der Waals surface area contributed by atoms with Crippen LogP contribution in [0.5, 0.6) is 0 Å². The van der Waals surface area contributed by atoms with Gasteiger partial charge in [-0.2, -0.15) is 0 Å². The lowest BCUT2D eigenvalue weighted by Gasteiger charge is -2.19. The molecule has 0 aromatic heterocycles. The molecule has 15 heavy (non-hydrogen) atoms. The van der Waals surface area contributed by atoms with Crippen molar-refractivity contribution in [3.8, 4) is 0 Å². The molecule has 0 radical (unpaired) electrons. The van der Waals surface area contributed by atoms with Gasteiger partial charge < -0.3 is 10.2 Å². The van der Waals surface area contributed by atoms with Gasteiger partial charge in [-0.25, -0.2) is 0 Å². The monoisotopic (exact) mass is 208 g/mol. The van der Waals surface area contributed by atoms with Crippen molar-refractivity contribution in [2.24, 2.45) is 0 Å². The predicted molar refractivity (Wildman–Crippen MR) is 53.6 cm³/mol. The zero-order valence-corrected chi connectivity index (χ0v) is 8.30. The van der Waals surface area contributed by atoms with Crippen molar-refractivity contribution >= 4 is 11.8 Å². The standard InChI is InChI=1S/C11H12O4/c1-11(15,7-9(12)13)10(14)8-5-3-2-4-6-8/h2-6,15H,7H2,1H3,(H,12,13). The number of Topliss-reactive ketones (excluding diaryl/α,β-unsaturated/α-hetero) is 1. The van der Waals surface area contributed by atoms with Gasteiger partial charge in [0.05, 0.1) is 6.42 Å². The van der Waals surface area contributed by atoms with Gasteiger partial charge in [0.1, 0.15) is 5.60 Å². The molecule has 0 heterocycles. The molecule has 1 rings (SSSR count). The van der Waals surface area contributed by atoms with E-state index in [9.17, 15) is 14.7 Å². The third-order valence-electron chi connectivity index (χ3n) is 2.02. The number of carboxylic acids is 1. The highest BCUT2D eigenvalue weighted by molar-refractivity contribution is 6.03. The first-order valence-corrected chi connectivity index (χ1v) is 4.47. The molecule has 0 saturated heterocycles. The number of aliphatic carboxylic acids is 1. The van der Waals surface area contributed by atoms with Gasteiger partial charge in [-0.05, 0) is 6.92 Å². The van der Waals surface area contributed by atoms with Gasteiger partial charge in [-0.1, -0.05) is 30.3 Å². The zero-order chi connectivity index (χ0) is 11.5. The van der Waals surface area contributed by atoms with Gasteiger partial charge in [-0.15, -0.1) is 0 Å². The molecule has 80 valence electrons. The minimum atomic E-state index is -1.85. The Morgan fingerprint density at radius 2 is 1.80 bits per heavy atom. The van der Waals surface area contributed by atoms with Gasteiger partial charge >= 0.3 is 5.97 Å². The van der Waals surface area contributed by atoms with E-state index in [1.165, 1.54) is 6.92 Å². The van der Waals surface area contributed by atoms with E-state index in [2.05, 4.69) is 0 Å². The summed E-state index contributed by atoms with van der Waals surface area (Å²) < 4.78 is 0. The lowest BCUT2D eigenvalue weighted by molar-refractivity contribution is -0.140. The summed E-state index contributed by atoms with van der Waals surface area (Å²) in [7, 11) is 0. The molecule has 0 fully saturated rings. The molecule has 1 unspecified atom stereocenters. The van der Waals surface area contributed by atoms with Crippen LogP contribution in [0.3, 0.4) is 0 Å². The molecule has 0 bridgehead atoms. The molecule has 4 nitrogen and oxygen atoms in total. The lowest BCUT2D eigenvalue weighted by Crippen LogP contribution is -2.37. The van der Waals surface area contributed by atoms with Crippen molar-refractivity contribution < 1.29 is 19.8 Å². The highest BCUT2D eigenvalue weighted by Crippen LogP contribution is 2.16. The number of aliphatic hydroxyl groups is 1. The highest BCUT2D eigenvalue weighted by atomic mass is 16.4. The number of rotatable bonds is 4. The average Bonchev–Trinajstić information content (AvgIpc) is 2.16. The number of carbonyl (C=O) groups excluding carboxylic acids is 1. The first-order chi connectivity index (χ1) is 6.93. The molecule has 0 aliphatic heterocycles. The molecule has 2 N–H and O–H groups in total. The van der Waals surface area contributed by atoms with Crippen LogP contribution in [0.4, 0.5) is 0 Å². The average molecular weight is 208 g/mol. The van der Waals surface area contributed by atoms with Gasteiger partial charge in [0, 0.05) is 5.56 Å². The molecular weight excluding hydrogens is 196 g/mol. The molecule has 1 aromatic carbocycles. The minimum absolute atomic E-state index is 0.309. The number of hydrogen-bond acceptors (Lipinski definition) is 3. The maximum atomic E-state index is 11.7. The topological polar surface area (TPSA) is 74.6 Å². The molecule has 0 saturated carbocycles. The van der Waals surface area contributed by atoms with E-state index in [-0.39, 0.29) is 0 Å². The Morgan fingerprint density at radius 3 is 2.27 bits per heavy atom. The van der Waals surface area contributed by atoms with Gasteiger partial charge in [0.2, 0.25) is 0 Å². The van der Waals surface area contributed by atoms with E-state index in [4.69, 9.17) is 5.11 Å². The second-order valence-corrected chi connectivity index (χ2v) is 3.54. The maximum Gasteiger partial charge on any atom is 0.306 e. The predicted octanol–water partition coefficient (Wildman–Crippen LogP) is 1.10. The van der Waals surface area contributed by atoms with Crippen molar-refractivity contribution in [1.82, 2.24) is 0 Å². The summed E-state index contributed by atoms with van der Waals surface area (Å²) in [4.78, 5) is 22.1. The summed E-state index contributed by atoms with van der Waals surface area (Å²) in [6.45, 7) is 1.20. The Balaban J connectivity index is 2.89. The summed E-state index contributed by atoms with van der Waals surface area (Å²) in [5, 5.41) is 18.2. The summed E-state index contributed by atoms with van der Waals surface area (Å²) in [5.41, 5.74) is -1.54. The third kappa shape index (κ3) is 2.89. The first-order valence-electron chi connectivity index (χ1n) is 4.47. The lowest BCUT2D eigenvalue weighted by atomic mass is 9.92. The van der Waals surface area contributed by atoms with Crippen molar-refractivity contribution in [3.05, 3.63) is 35.9 Å². The Labute approximate surface area is 87.2 Å². The summed E-state index contributed by atoms with van der Waals surface area (Å²) in [6.07, 6.45) is -0.597. The molecule has 0 aliphatic carbocycles. The van der Waals surface area contributed by atoms with Gasteiger partial charge in [0.25, 0.3) is 0 Å². The second-order valence-electron chi connectivity index (χ2n) is 3.54. The first kappa shape index (κ1) is 11.4. The molecule has 0 amide bonds. The van der Waals surface area contributed by atoms with Crippen molar-refractivity contribution in [2.75, 3.05) is 0 Å². The second kappa shape index (κ2) is 4.23. The molecule has 0 aliphatic rings. The van der Waals surface area contributed by atoms with Crippen LogP contribution in [-0.4, -0.2) is 27.6 Å².